The van der Waals surface area contributed by atoms with Gasteiger partial charge in [0.1, 0.15) is 5.82 Å². The first-order chi connectivity index (χ1) is 5.62. The molecule has 0 aliphatic heterocycles. The molecule has 0 unspecified atom stereocenters. The molecule has 0 amide bonds. The van der Waals surface area contributed by atoms with Crippen LogP contribution in [0, 0.1) is 13.8 Å². The summed E-state index contributed by atoms with van der Waals surface area (Å²) < 4.78 is 0. The molecule has 1 aliphatic carbocycles. The zero-order valence-electron chi connectivity index (χ0n) is 7.46. The van der Waals surface area contributed by atoms with Gasteiger partial charge in [-0.2, -0.15) is 0 Å². The smallest absolute Gasteiger partial charge is 0.125 e. The minimum Gasteiger partial charge on any atom is -0.320 e. The molecule has 1 heterocycles. The first kappa shape index (κ1) is 7.68. The lowest BCUT2D eigenvalue weighted by Gasteiger charge is -2.10. The van der Waals surface area contributed by atoms with Crippen molar-refractivity contribution < 1.29 is 0 Å². The second-order valence-electron chi connectivity index (χ2n) is 3.60. The van der Waals surface area contributed by atoms with Gasteiger partial charge >= 0.3 is 0 Å². The molecule has 2 rings (SSSR count). The fourth-order valence-corrected chi connectivity index (χ4v) is 1.41. The van der Waals surface area contributed by atoms with Crippen LogP contribution in [-0.4, -0.2) is 9.97 Å². The van der Waals surface area contributed by atoms with Crippen LogP contribution in [0.5, 0.6) is 0 Å². The molecule has 3 nitrogen and oxygen atoms in total. The Hall–Kier alpha value is -0.960. The summed E-state index contributed by atoms with van der Waals surface area (Å²) in [5.41, 5.74) is 8.07. The minimum absolute atomic E-state index is 0.127. The molecule has 0 bridgehead atoms. The van der Waals surface area contributed by atoms with E-state index in [0.717, 1.165) is 29.9 Å². The van der Waals surface area contributed by atoms with Crippen molar-refractivity contribution in [3.05, 3.63) is 23.3 Å². The van der Waals surface area contributed by atoms with Gasteiger partial charge in [-0.1, -0.05) is 0 Å². The third-order valence-corrected chi connectivity index (χ3v) is 2.35. The van der Waals surface area contributed by atoms with E-state index in [9.17, 15) is 0 Å². The second kappa shape index (κ2) is 2.26. The van der Waals surface area contributed by atoms with E-state index in [0.29, 0.717) is 0 Å². The highest BCUT2D eigenvalue weighted by Crippen LogP contribution is 2.42. The summed E-state index contributed by atoms with van der Waals surface area (Å²) >= 11 is 0. The molecule has 0 spiro atoms. The second-order valence-corrected chi connectivity index (χ2v) is 3.60. The Morgan fingerprint density at radius 2 is 2.08 bits per heavy atom. The van der Waals surface area contributed by atoms with Crippen molar-refractivity contribution in [2.45, 2.75) is 32.2 Å². The molecule has 0 radical (unpaired) electrons. The number of aromatic nitrogens is 2. The molecular weight excluding hydrogens is 150 g/mol. The van der Waals surface area contributed by atoms with Gasteiger partial charge in [-0.05, 0) is 32.3 Å². The van der Waals surface area contributed by atoms with E-state index in [-0.39, 0.29) is 5.54 Å². The van der Waals surface area contributed by atoms with Gasteiger partial charge in [-0.25, -0.2) is 9.97 Å². The lowest BCUT2D eigenvalue weighted by atomic mass is 10.1. The molecule has 1 aromatic rings. The zero-order valence-corrected chi connectivity index (χ0v) is 7.46. The Bertz CT molecular complexity index is 316. The van der Waals surface area contributed by atoms with Crippen LogP contribution in [0.4, 0.5) is 0 Å². The van der Waals surface area contributed by atoms with Gasteiger partial charge < -0.3 is 5.73 Å². The Balaban J connectivity index is 2.48. The lowest BCUT2D eigenvalue weighted by molar-refractivity contribution is 0.688. The van der Waals surface area contributed by atoms with E-state index < -0.39 is 0 Å². The first-order valence-corrected chi connectivity index (χ1v) is 4.21. The molecule has 12 heavy (non-hydrogen) atoms. The molecule has 0 saturated heterocycles. The standard InChI is InChI=1S/C9H13N3/c1-6-5-11-7(2)12-8(6)9(10)3-4-9/h5H,3-4,10H2,1-2H3. The SMILES string of the molecule is Cc1ncc(C)c(C2(N)CC2)n1. The van der Waals surface area contributed by atoms with E-state index >= 15 is 0 Å². The van der Waals surface area contributed by atoms with E-state index in [2.05, 4.69) is 9.97 Å². The fraction of sp³-hybridized carbons (Fsp3) is 0.556. The fourth-order valence-electron chi connectivity index (χ4n) is 1.41. The van der Waals surface area contributed by atoms with Crippen molar-refractivity contribution >= 4 is 0 Å². The summed E-state index contributed by atoms with van der Waals surface area (Å²) in [6.07, 6.45) is 3.97. The summed E-state index contributed by atoms with van der Waals surface area (Å²) in [5.74, 6) is 0.812. The number of hydrogen-bond acceptors (Lipinski definition) is 3. The van der Waals surface area contributed by atoms with Crippen LogP contribution in [0.15, 0.2) is 6.20 Å². The molecule has 0 aromatic carbocycles. The van der Waals surface area contributed by atoms with Gasteiger partial charge in [-0.3, -0.25) is 0 Å². The Labute approximate surface area is 72.0 Å². The average Bonchev–Trinajstić information content (AvgIpc) is 2.75. The third-order valence-electron chi connectivity index (χ3n) is 2.35. The quantitative estimate of drug-likeness (QED) is 0.673. The Morgan fingerprint density at radius 3 is 2.67 bits per heavy atom. The largest absolute Gasteiger partial charge is 0.320 e. The first-order valence-electron chi connectivity index (χ1n) is 4.21. The average molecular weight is 163 g/mol. The van der Waals surface area contributed by atoms with E-state index in [1.54, 1.807) is 0 Å². The minimum atomic E-state index is -0.127. The summed E-state index contributed by atoms with van der Waals surface area (Å²) in [6, 6.07) is 0. The number of nitrogens with zero attached hydrogens (tertiary/aromatic N) is 2. The monoisotopic (exact) mass is 163 g/mol. The van der Waals surface area contributed by atoms with Crippen LogP contribution < -0.4 is 5.73 Å². The summed E-state index contributed by atoms with van der Waals surface area (Å²) in [6.45, 7) is 3.91. The highest BCUT2D eigenvalue weighted by Gasteiger charge is 2.42. The number of nitrogens with two attached hydrogens (primary N) is 1. The van der Waals surface area contributed by atoms with Gasteiger partial charge in [0.15, 0.2) is 0 Å². The number of aryl methyl sites for hydroxylation is 2. The van der Waals surface area contributed by atoms with Crippen molar-refractivity contribution in [3.63, 3.8) is 0 Å². The summed E-state index contributed by atoms with van der Waals surface area (Å²) in [4.78, 5) is 8.48. The molecule has 1 fully saturated rings. The Kier molecular flexibility index (Phi) is 1.45. The van der Waals surface area contributed by atoms with Crippen molar-refractivity contribution in [1.29, 1.82) is 0 Å². The topological polar surface area (TPSA) is 51.8 Å². The maximum Gasteiger partial charge on any atom is 0.125 e. The summed E-state index contributed by atoms with van der Waals surface area (Å²) in [7, 11) is 0. The van der Waals surface area contributed by atoms with Crippen LogP contribution >= 0.6 is 0 Å². The number of hydrogen-bond donors (Lipinski definition) is 1. The molecular formula is C9H13N3. The van der Waals surface area contributed by atoms with Crippen LogP contribution in [0.1, 0.15) is 29.9 Å². The molecule has 1 saturated carbocycles. The molecule has 1 aromatic heterocycles. The number of rotatable bonds is 1. The highest BCUT2D eigenvalue weighted by atomic mass is 14.9. The van der Waals surface area contributed by atoms with Crippen LogP contribution in [-0.2, 0) is 5.54 Å². The van der Waals surface area contributed by atoms with E-state index in [4.69, 9.17) is 5.73 Å². The summed E-state index contributed by atoms with van der Waals surface area (Å²) in [5, 5.41) is 0. The van der Waals surface area contributed by atoms with Crippen LogP contribution in [0.2, 0.25) is 0 Å². The third kappa shape index (κ3) is 1.10. The van der Waals surface area contributed by atoms with Gasteiger partial charge in [0.05, 0.1) is 11.2 Å². The predicted octanol–water partition coefficient (Wildman–Crippen LogP) is 1.04. The Morgan fingerprint density at radius 1 is 1.42 bits per heavy atom. The molecule has 2 N–H and O–H groups in total. The van der Waals surface area contributed by atoms with Crippen molar-refractivity contribution in [2.24, 2.45) is 5.73 Å². The van der Waals surface area contributed by atoms with Crippen LogP contribution in [0.3, 0.4) is 0 Å². The van der Waals surface area contributed by atoms with E-state index in [1.807, 2.05) is 20.0 Å². The van der Waals surface area contributed by atoms with Gasteiger partial charge in [0.25, 0.3) is 0 Å². The normalized spacial score (nSPS) is 19.2. The molecule has 3 heteroatoms. The molecule has 0 atom stereocenters. The molecule has 64 valence electrons. The van der Waals surface area contributed by atoms with Crippen molar-refractivity contribution in [2.75, 3.05) is 0 Å². The predicted molar refractivity (Wildman–Crippen MR) is 46.6 cm³/mol. The van der Waals surface area contributed by atoms with Crippen LogP contribution in [0.25, 0.3) is 0 Å². The van der Waals surface area contributed by atoms with Gasteiger partial charge in [0, 0.05) is 6.20 Å². The van der Waals surface area contributed by atoms with Crippen molar-refractivity contribution in [1.82, 2.24) is 9.97 Å². The van der Waals surface area contributed by atoms with Crippen molar-refractivity contribution in [3.8, 4) is 0 Å². The van der Waals surface area contributed by atoms with Gasteiger partial charge in [-0.15, -0.1) is 0 Å². The highest BCUT2D eigenvalue weighted by molar-refractivity contribution is 5.28. The zero-order chi connectivity index (χ0) is 8.77. The van der Waals surface area contributed by atoms with Gasteiger partial charge in [0.2, 0.25) is 0 Å². The lowest BCUT2D eigenvalue weighted by Crippen LogP contribution is -2.22. The van der Waals surface area contributed by atoms with E-state index in [1.165, 1.54) is 0 Å². The maximum absolute atomic E-state index is 6.05. The molecule has 1 aliphatic rings. The maximum atomic E-state index is 6.05.